The van der Waals surface area contributed by atoms with Crippen LogP contribution in [0.2, 0.25) is 0 Å². The second kappa shape index (κ2) is 7.84. The molecule has 148 valence electrons. The summed E-state index contributed by atoms with van der Waals surface area (Å²) in [6, 6.07) is 10.4. The van der Waals surface area contributed by atoms with Gasteiger partial charge < -0.3 is 0 Å². The predicted octanol–water partition coefficient (Wildman–Crippen LogP) is 3.88. The molecule has 0 aliphatic rings. The molecule has 29 heavy (non-hydrogen) atoms. The number of aromatic nitrogens is 2. The van der Waals surface area contributed by atoms with E-state index in [-0.39, 0.29) is 17.8 Å². The summed E-state index contributed by atoms with van der Waals surface area (Å²) in [5, 5.41) is 32.6. The molecule has 0 saturated heterocycles. The molecular weight excluding hydrogens is 380 g/mol. The Balaban J connectivity index is 1.88. The lowest BCUT2D eigenvalue weighted by Gasteiger charge is -2.01. The van der Waals surface area contributed by atoms with Crippen molar-refractivity contribution in [1.29, 1.82) is 0 Å². The topological polar surface area (TPSA) is 149 Å². The lowest BCUT2D eigenvalue weighted by atomic mass is 10.2. The van der Waals surface area contributed by atoms with Gasteiger partial charge in [-0.3, -0.25) is 30.1 Å². The van der Waals surface area contributed by atoms with E-state index in [1.54, 1.807) is 19.1 Å². The molecule has 0 bridgehead atoms. The van der Waals surface area contributed by atoms with Crippen LogP contribution in [0.3, 0.4) is 0 Å². The molecule has 2 aromatic carbocycles. The summed E-state index contributed by atoms with van der Waals surface area (Å²) in [7, 11) is 0. The van der Waals surface area contributed by atoms with Crippen LogP contribution in [0.15, 0.2) is 57.5 Å². The predicted molar refractivity (Wildman–Crippen MR) is 104 cm³/mol. The number of azo groups is 1. The van der Waals surface area contributed by atoms with Crippen molar-refractivity contribution in [3.05, 3.63) is 89.9 Å². The van der Waals surface area contributed by atoms with Crippen molar-refractivity contribution < 1.29 is 9.85 Å². The molecule has 1 aromatic heterocycles. The van der Waals surface area contributed by atoms with E-state index in [9.17, 15) is 25.0 Å². The molecule has 1 N–H and O–H groups in total. The molecule has 3 rings (SSSR count). The fourth-order valence-electron chi connectivity index (χ4n) is 2.68. The van der Waals surface area contributed by atoms with Gasteiger partial charge in [0.1, 0.15) is 0 Å². The number of aryl methyl sites for hydroxylation is 2. The molecule has 0 atom stereocenters. The molecule has 0 amide bonds. The molecule has 1 heterocycles. The molecule has 0 fully saturated rings. The van der Waals surface area contributed by atoms with E-state index in [0.717, 1.165) is 23.8 Å². The van der Waals surface area contributed by atoms with Crippen LogP contribution in [0.4, 0.5) is 17.1 Å². The average Bonchev–Trinajstić information content (AvgIpc) is 2.96. The van der Waals surface area contributed by atoms with E-state index in [2.05, 4.69) is 15.3 Å². The smallest absolute Gasteiger partial charge is 0.295 e. The zero-order chi connectivity index (χ0) is 21.1. The van der Waals surface area contributed by atoms with Crippen LogP contribution in [0.5, 0.6) is 0 Å². The fourth-order valence-corrected chi connectivity index (χ4v) is 2.68. The van der Waals surface area contributed by atoms with E-state index in [1.807, 2.05) is 19.1 Å². The first kappa shape index (κ1) is 19.6. The van der Waals surface area contributed by atoms with E-state index in [0.29, 0.717) is 16.9 Å². The Hall–Kier alpha value is -4.15. The molecule has 0 saturated carbocycles. The molecule has 0 aliphatic carbocycles. The third-order valence-electron chi connectivity index (χ3n) is 4.26. The summed E-state index contributed by atoms with van der Waals surface area (Å²) in [5.74, 6) is 0. The summed E-state index contributed by atoms with van der Waals surface area (Å²) >= 11 is 0. The van der Waals surface area contributed by atoms with Gasteiger partial charge in [0.05, 0.1) is 33.7 Å². The number of nitrogens with zero attached hydrogens (tertiary/aromatic N) is 5. The highest BCUT2D eigenvalue weighted by Crippen LogP contribution is 2.31. The molecule has 0 aliphatic heterocycles. The first-order valence-electron chi connectivity index (χ1n) is 8.46. The summed E-state index contributed by atoms with van der Waals surface area (Å²) < 4.78 is 1.38. The van der Waals surface area contributed by atoms with Crippen LogP contribution in [0, 0.1) is 34.1 Å². The van der Waals surface area contributed by atoms with Gasteiger partial charge in [0.15, 0.2) is 5.69 Å². The number of hydrogen-bond donors (Lipinski definition) is 1. The van der Waals surface area contributed by atoms with Gasteiger partial charge in [-0.1, -0.05) is 17.7 Å². The molecule has 11 nitrogen and oxygen atoms in total. The van der Waals surface area contributed by atoms with Crippen molar-refractivity contribution in [2.45, 2.75) is 20.4 Å². The number of nitro benzene ring substituents is 2. The summed E-state index contributed by atoms with van der Waals surface area (Å²) in [6.07, 6.45) is 0. The van der Waals surface area contributed by atoms with Crippen LogP contribution >= 0.6 is 0 Å². The van der Waals surface area contributed by atoms with Gasteiger partial charge in [-0.15, -0.1) is 5.11 Å². The van der Waals surface area contributed by atoms with Crippen LogP contribution in [0.1, 0.15) is 16.8 Å². The first-order valence-corrected chi connectivity index (χ1v) is 8.46. The van der Waals surface area contributed by atoms with E-state index in [4.69, 9.17) is 0 Å². The van der Waals surface area contributed by atoms with E-state index >= 15 is 0 Å². The second-order valence-electron chi connectivity index (χ2n) is 6.28. The SMILES string of the molecule is Cc1ccc(-n2[nH]c(C)c(CN=Nc3ccc([N+](=O)[O-])cc3[N+](=O)[O-])c2=O)cc1. The minimum atomic E-state index is -0.771. The second-order valence-corrected chi connectivity index (χ2v) is 6.28. The van der Waals surface area contributed by atoms with Gasteiger partial charge in [0, 0.05) is 11.8 Å². The van der Waals surface area contributed by atoms with Crippen LogP contribution < -0.4 is 5.56 Å². The largest absolute Gasteiger partial charge is 0.303 e. The lowest BCUT2D eigenvalue weighted by molar-refractivity contribution is -0.393. The Kier molecular flexibility index (Phi) is 5.30. The molecule has 0 unspecified atom stereocenters. The Bertz CT molecular complexity index is 1180. The number of aromatic amines is 1. The number of nitrogens with one attached hydrogen (secondary N) is 1. The van der Waals surface area contributed by atoms with Gasteiger partial charge in [-0.05, 0) is 32.0 Å². The van der Waals surface area contributed by atoms with Crippen molar-refractivity contribution in [3.63, 3.8) is 0 Å². The van der Waals surface area contributed by atoms with Gasteiger partial charge >= 0.3 is 5.69 Å². The molecular formula is C18H16N6O5. The highest BCUT2D eigenvalue weighted by Gasteiger charge is 2.19. The maximum atomic E-state index is 12.7. The zero-order valence-corrected chi connectivity index (χ0v) is 15.5. The van der Waals surface area contributed by atoms with Gasteiger partial charge in [0.25, 0.3) is 11.2 Å². The minimum absolute atomic E-state index is 0.103. The maximum Gasteiger partial charge on any atom is 0.303 e. The minimum Gasteiger partial charge on any atom is -0.295 e. The number of hydrogen-bond acceptors (Lipinski definition) is 7. The number of H-pyrrole nitrogens is 1. The number of non-ortho nitro benzene ring substituents is 1. The Morgan fingerprint density at radius 3 is 2.34 bits per heavy atom. The third kappa shape index (κ3) is 4.08. The molecule has 0 spiro atoms. The Morgan fingerprint density at radius 1 is 1.03 bits per heavy atom. The van der Waals surface area contributed by atoms with Crippen LogP contribution in [-0.2, 0) is 6.54 Å². The van der Waals surface area contributed by atoms with Crippen LogP contribution in [0.25, 0.3) is 5.69 Å². The maximum absolute atomic E-state index is 12.7. The normalized spacial score (nSPS) is 11.1. The monoisotopic (exact) mass is 396 g/mol. The Labute approximate surface area is 163 Å². The van der Waals surface area contributed by atoms with Crippen molar-refractivity contribution in [2.75, 3.05) is 0 Å². The van der Waals surface area contributed by atoms with Gasteiger partial charge in [-0.25, -0.2) is 4.68 Å². The fraction of sp³-hybridized carbons (Fsp3) is 0.167. The number of nitro groups is 2. The number of rotatable bonds is 6. The average molecular weight is 396 g/mol. The molecule has 0 radical (unpaired) electrons. The van der Waals surface area contributed by atoms with Crippen molar-refractivity contribution in [3.8, 4) is 5.69 Å². The highest BCUT2D eigenvalue weighted by molar-refractivity contribution is 5.61. The standard InChI is InChI=1S/C18H16N6O5/c1-11-3-5-13(6-4-11)22-18(25)15(12(2)21-22)10-19-20-16-8-7-14(23(26)27)9-17(16)24(28)29/h3-9,21H,10H2,1-2H3. The van der Waals surface area contributed by atoms with Crippen LogP contribution in [-0.4, -0.2) is 19.6 Å². The van der Waals surface area contributed by atoms with E-state index < -0.39 is 21.2 Å². The lowest BCUT2D eigenvalue weighted by Crippen LogP contribution is -2.17. The quantitative estimate of drug-likeness (QED) is 0.381. The van der Waals surface area contributed by atoms with Gasteiger partial charge in [0.2, 0.25) is 0 Å². The Morgan fingerprint density at radius 2 is 1.72 bits per heavy atom. The van der Waals surface area contributed by atoms with Gasteiger partial charge in [-0.2, -0.15) is 5.11 Å². The zero-order valence-electron chi connectivity index (χ0n) is 15.5. The van der Waals surface area contributed by atoms with Crippen molar-refractivity contribution in [2.24, 2.45) is 10.2 Å². The molecule has 11 heteroatoms. The summed E-state index contributed by atoms with van der Waals surface area (Å²) in [5.41, 5.74) is 1.29. The third-order valence-corrected chi connectivity index (χ3v) is 4.26. The number of benzene rings is 2. The van der Waals surface area contributed by atoms with E-state index in [1.165, 1.54) is 4.68 Å². The van der Waals surface area contributed by atoms with Crippen molar-refractivity contribution >= 4 is 17.1 Å². The highest BCUT2D eigenvalue weighted by atomic mass is 16.6. The summed E-state index contributed by atoms with van der Waals surface area (Å²) in [4.78, 5) is 33.1. The summed E-state index contributed by atoms with van der Waals surface area (Å²) in [6.45, 7) is 3.55. The molecule has 3 aromatic rings. The first-order chi connectivity index (χ1) is 13.8. The van der Waals surface area contributed by atoms with Crippen molar-refractivity contribution in [1.82, 2.24) is 9.78 Å².